The molecule has 0 radical (unpaired) electrons. The lowest BCUT2D eigenvalue weighted by molar-refractivity contribution is 0.0429. The number of rotatable bonds is 7. The van der Waals surface area contributed by atoms with Crippen molar-refractivity contribution < 1.29 is 14.1 Å². The molecule has 9 nitrogen and oxygen atoms in total. The Hall–Kier alpha value is -3.27. The molecule has 3 aromatic heterocycles. The summed E-state index contributed by atoms with van der Waals surface area (Å²) in [5.74, 6) is 1.49. The summed E-state index contributed by atoms with van der Waals surface area (Å²) >= 11 is 1.43. The van der Waals surface area contributed by atoms with Crippen LogP contribution in [0.25, 0.3) is 5.78 Å². The first kappa shape index (κ1) is 20.0. The SMILES string of the molecule is CCc1noc(COC(=O)c2ccccc2CSc2nc3nc(C)cc(C)n3n2)n1. The van der Waals surface area contributed by atoms with Crippen molar-refractivity contribution in [3.8, 4) is 0 Å². The summed E-state index contributed by atoms with van der Waals surface area (Å²) in [6, 6.07) is 9.25. The number of carbonyl (C=O) groups is 1. The number of thioether (sulfide) groups is 1. The summed E-state index contributed by atoms with van der Waals surface area (Å²) in [4.78, 5) is 25.6. The zero-order chi connectivity index (χ0) is 21.1. The Balaban J connectivity index is 1.45. The minimum Gasteiger partial charge on any atom is -0.452 e. The fourth-order valence-corrected chi connectivity index (χ4v) is 3.72. The normalized spacial score (nSPS) is 11.2. The van der Waals surface area contributed by atoms with Crippen LogP contribution >= 0.6 is 11.8 Å². The first-order valence-electron chi connectivity index (χ1n) is 9.43. The summed E-state index contributed by atoms with van der Waals surface area (Å²) in [5.41, 5.74) is 3.17. The first-order chi connectivity index (χ1) is 14.5. The van der Waals surface area contributed by atoms with E-state index in [0.717, 1.165) is 17.0 Å². The van der Waals surface area contributed by atoms with Crippen molar-refractivity contribution in [3.05, 3.63) is 64.6 Å². The third-order valence-corrected chi connectivity index (χ3v) is 5.23. The lowest BCUT2D eigenvalue weighted by Crippen LogP contribution is -2.08. The Labute approximate surface area is 176 Å². The van der Waals surface area contributed by atoms with Crippen LogP contribution in [0.2, 0.25) is 0 Å². The third kappa shape index (κ3) is 4.33. The van der Waals surface area contributed by atoms with E-state index in [4.69, 9.17) is 9.26 Å². The van der Waals surface area contributed by atoms with Gasteiger partial charge in [0.1, 0.15) is 0 Å². The molecule has 0 N–H and O–H groups in total. The van der Waals surface area contributed by atoms with Gasteiger partial charge in [0.15, 0.2) is 12.4 Å². The Morgan fingerprint density at radius 3 is 2.83 bits per heavy atom. The summed E-state index contributed by atoms with van der Waals surface area (Å²) in [6.45, 7) is 5.74. The van der Waals surface area contributed by atoms with Gasteiger partial charge in [-0.2, -0.15) is 9.97 Å². The molecule has 30 heavy (non-hydrogen) atoms. The number of nitrogens with zero attached hydrogens (tertiary/aromatic N) is 6. The lowest BCUT2D eigenvalue weighted by Gasteiger charge is -2.07. The summed E-state index contributed by atoms with van der Waals surface area (Å²) in [5, 5.41) is 8.88. The molecule has 0 saturated heterocycles. The second-order valence-corrected chi connectivity index (χ2v) is 7.57. The van der Waals surface area contributed by atoms with E-state index in [2.05, 4.69) is 25.2 Å². The van der Waals surface area contributed by atoms with Crippen molar-refractivity contribution in [2.24, 2.45) is 0 Å². The smallest absolute Gasteiger partial charge is 0.338 e. The van der Waals surface area contributed by atoms with Crippen LogP contribution in [0.3, 0.4) is 0 Å². The van der Waals surface area contributed by atoms with Crippen LogP contribution < -0.4 is 0 Å². The number of fused-ring (bicyclic) bond motifs is 1. The number of hydrogen-bond acceptors (Lipinski definition) is 9. The molecule has 4 rings (SSSR count). The predicted molar refractivity (Wildman–Crippen MR) is 109 cm³/mol. The summed E-state index contributed by atoms with van der Waals surface area (Å²) < 4.78 is 12.1. The molecule has 10 heteroatoms. The standard InChI is InChI=1S/C20H20N6O3S/c1-4-16-22-17(29-25-16)10-28-18(27)15-8-6-5-7-14(15)11-30-20-23-19-21-12(2)9-13(3)26(19)24-20/h5-9H,4,10-11H2,1-3H3. The number of hydrogen-bond donors (Lipinski definition) is 0. The number of carbonyl (C=O) groups excluding carboxylic acids is 1. The van der Waals surface area contributed by atoms with Gasteiger partial charge in [-0.15, -0.1) is 5.10 Å². The Bertz CT molecular complexity index is 1200. The predicted octanol–water partition coefficient (Wildman–Crippen LogP) is 3.34. The second-order valence-electron chi connectivity index (χ2n) is 6.62. The topological polar surface area (TPSA) is 108 Å². The van der Waals surface area contributed by atoms with Gasteiger partial charge < -0.3 is 9.26 Å². The van der Waals surface area contributed by atoms with E-state index < -0.39 is 5.97 Å². The van der Waals surface area contributed by atoms with Crippen molar-refractivity contribution in [1.82, 2.24) is 29.7 Å². The van der Waals surface area contributed by atoms with Gasteiger partial charge in [0.25, 0.3) is 11.7 Å². The van der Waals surface area contributed by atoms with E-state index in [1.54, 1.807) is 16.6 Å². The van der Waals surface area contributed by atoms with Crippen LogP contribution in [0.4, 0.5) is 0 Å². The maximum Gasteiger partial charge on any atom is 0.338 e. The average molecular weight is 424 g/mol. The minimum atomic E-state index is -0.446. The van der Waals surface area contributed by atoms with E-state index in [-0.39, 0.29) is 12.5 Å². The quantitative estimate of drug-likeness (QED) is 0.326. The molecule has 0 saturated carbocycles. The molecule has 0 amide bonds. The average Bonchev–Trinajstić information content (AvgIpc) is 3.37. The molecule has 0 aliphatic carbocycles. The van der Waals surface area contributed by atoms with Crippen molar-refractivity contribution in [2.45, 2.75) is 44.7 Å². The number of aryl methyl sites for hydroxylation is 3. The van der Waals surface area contributed by atoms with E-state index >= 15 is 0 Å². The van der Waals surface area contributed by atoms with Crippen LogP contribution in [0, 0.1) is 13.8 Å². The van der Waals surface area contributed by atoms with Crippen LogP contribution in [0.15, 0.2) is 40.0 Å². The molecule has 0 spiro atoms. The van der Waals surface area contributed by atoms with Gasteiger partial charge >= 0.3 is 5.97 Å². The molecule has 0 bridgehead atoms. The van der Waals surface area contributed by atoms with Gasteiger partial charge in [-0.1, -0.05) is 42.0 Å². The molecule has 0 unspecified atom stereocenters. The number of benzene rings is 1. The molecule has 3 heterocycles. The van der Waals surface area contributed by atoms with Crippen molar-refractivity contribution >= 4 is 23.5 Å². The molecule has 154 valence electrons. The monoisotopic (exact) mass is 424 g/mol. The molecule has 0 aliphatic heterocycles. The van der Waals surface area contributed by atoms with Crippen molar-refractivity contribution in [3.63, 3.8) is 0 Å². The number of esters is 1. The largest absolute Gasteiger partial charge is 0.452 e. The number of ether oxygens (including phenoxy) is 1. The van der Waals surface area contributed by atoms with Crippen molar-refractivity contribution in [1.29, 1.82) is 0 Å². The van der Waals surface area contributed by atoms with Crippen LogP contribution in [-0.4, -0.2) is 35.7 Å². The van der Waals surface area contributed by atoms with Gasteiger partial charge in [-0.3, -0.25) is 0 Å². The maximum atomic E-state index is 12.6. The summed E-state index contributed by atoms with van der Waals surface area (Å²) in [6.07, 6.45) is 0.656. The highest BCUT2D eigenvalue weighted by atomic mass is 32.2. The van der Waals surface area contributed by atoms with Gasteiger partial charge in [0.2, 0.25) is 5.16 Å². The summed E-state index contributed by atoms with van der Waals surface area (Å²) in [7, 11) is 0. The Morgan fingerprint density at radius 2 is 2.03 bits per heavy atom. The Kier molecular flexibility index (Phi) is 5.75. The molecule has 4 aromatic rings. The first-order valence-corrected chi connectivity index (χ1v) is 10.4. The highest BCUT2D eigenvalue weighted by Gasteiger charge is 2.16. The molecule has 0 atom stereocenters. The van der Waals surface area contributed by atoms with Gasteiger partial charge in [-0.05, 0) is 31.5 Å². The van der Waals surface area contributed by atoms with Crippen LogP contribution in [0.1, 0.15) is 45.9 Å². The van der Waals surface area contributed by atoms with E-state index in [1.165, 1.54) is 11.8 Å². The van der Waals surface area contributed by atoms with E-state index in [0.29, 0.717) is 34.5 Å². The molecule has 0 aliphatic rings. The fourth-order valence-electron chi connectivity index (χ4n) is 2.89. The van der Waals surface area contributed by atoms with Gasteiger partial charge in [-0.25, -0.2) is 14.3 Å². The zero-order valence-corrected chi connectivity index (χ0v) is 17.6. The lowest BCUT2D eigenvalue weighted by atomic mass is 10.1. The van der Waals surface area contributed by atoms with Crippen LogP contribution in [-0.2, 0) is 23.5 Å². The minimum absolute atomic E-state index is 0.0639. The van der Waals surface area contributed by atoms with Crippen molar-refractivity contribution in [2.75, 3.05) is 0 Å². The third-order valence-electron chi connectivity index (χ3n) is 4.35. The maximum absolute atomic E-state index is 12.6. The number of aromatic nitrogens is 6. The fraction of sp³-hybridized carbons (Fsp3) is 0.300. The van der Waals surface area contributed by atoms with Gasteiger partial charge in [0.05, 0.1) is 5.56 Å². The highest BCUT2D eigenvalue weighted by Crippen LogP contribution is 2.23. The van der Waals surface area contributed by atoms with Gasteiger partial charge in [0, 0.05) is 23.6 Å². The van der Waals surface area contributed by atoms with E-state index in [1.807, 2.05) is 39.0 Å². The molecular weight excluding hydrogens is 404 g/mol. The highest BCUT2D eigenvalue weighted by molar-refractivity contribution is 7.98. The van der Waals surface area contributed by atoms with Crippen LogP contribution in [0.5, 0.6) is 0 Å². The van der Waals surface area contributed by atoms with E-state index in [9.17, 15) is 4.79 Å². The zero-order valence-electron chi connectivity index (χ0n) is 16.8. The molecular formula is C20H20N6O3S. The Morgan fingerprint density at radius 1 is 1.20 bits per heavy atom. The second kappa shape index (κ2) is 8.62. The molecule has 0 fully saturated rings. The molecule has 1 aromatic carbocycles.